The number of hydrogen-bond acceptors (Lipinski definition) is 2. The molecular weight excluding hydrogens is 341 g/mol. The van der Waals surface area contributed by atoms with Gasteiger partial charge in [-0.05, 0) is 48.7 Å². The second kappa shape index (κ2) is 7.58. The topological polar surface area (TPSA) is 46.9 Å². The third-order valence-corrected chi connectivity index (χ3v) is 4.65. The van der Waals surface area contributed by atoms with Gasteiger partial charge in [-0.1, -0.05) is 24.3 Å². The number of carbonyl (C=O) groups excluding carboxylic acids is 1. The lowest BCUT2D eigenvalue weighted by Gasteiger charge is -2.11. The predicted molar refractivity (Wildman–Crippen MR) is 105 cm³/mol. The van der Waals surface area contributed by atoms with Crippen LogP contribution < -0.4 is 5.32 Å². The van der Waals surface area contributed by atoms with E-state index in [0.717, 1.165) is 41.3 Å². The Labute approximate surface area is 157 Å². The Morgan fingerprint density at radius 2 is 1.85 bits per heavy atom. The quantitative estimate of drug-likeness (QED) is 0.686. The van der Waals surface area contributed by atoms with E-state index >= 15 is 0 Å². The summed E-state index contributed by atoms with van der Waals surface area (Å²) in [6.45, 7) is 1.04. The van der Waals surface area contributed by atoms with Crippen LogP contribution in [0.25, 0.3) is 17.3 Å². The molecule has 2 aromatic carbocycles. The zero-order chi connectivity index (χ0) is 18.6. The third kappa shape index (κ3) is 4.14. The van der Waals surface area contributed by atoms with Crippen molar-refractivity contribution in [1.29, 1.82) is 0 Å². The van der Waals surface area contributed by atoms with Gasteiger partial charge in [0, 0.05) is 36.5 Å². The maximum Gasteiger partial charge on any atom is 0.248 e. The van der Waals surface area contributed by atoms with Crippen LogP contribution in [0, 0.1) is 5.82 Å². The molecule has 3 aromatic rings. The predicted octanol–water partition coefficient (Wildman–Crippen LogP) is 4.68. The van der Waals surface area contributed by atoms with Gasteiger partial charge in [-0.2, -0.15) is 0 Å². The number of aryl methyl sites for hydroxylation is 2. The Bertz CT molecular complexity index is 948. The number of aromatic nitrogens is 2. The highest BCUT2D eigenvalue weighted by Gasteiger charge is 2.13. The fourth-order valence-electron chi connectivity index (χ4n) is 3.21. The van der Waals surface area contributed by atoms with Crippen molar-refractivity contribution in [2.75, 3.05) is 5.32 Å². The number of anilines is 1. The lowest BCUT2D eigenvalue weighted by molar-refractivity contribution is -0.111. The first-order valence-corrected chi connectivity index (χ1v) is 9.08. The summed E-state index contributed by atoms with van der Waals surface area (Å²) in [5.74, 6) is 0.624. The summed E-state index contributed by atoms with van der Waals surface area (Å²) in [7, 11) is 0. The number of hydrogen-bond donors (Lipinski definition) is 1. The first kappa shape index (κ1) is 17.2. The molecule has 0 radical (unpaired) electrons. The number of rotatable bonds is 4. The van der Waals surface area contributed by atoms with E-state index in [2.05, 4.69) is 16.1 Å². The van der Waals surface area contributed by atoms with Crippen molar-refractivity contribution in [2.24, 2.45) is 0 Å². The van der Waals surface area contributed by atoms with E-state index in [0.29, 0.717) is 0 Å². The van der Waals surface area contributed by atoms with Gasteiger partial charge in [0.1, 0.15) is 11.6 Å². The number of imidazole rings is 1. The highest BCUT2D eigenvalue weighted by Crippen LogP contribution is 2.24. The summed E-state index contributed by atoms with van der Waals surface area (Å²) >= 11 is 0. The van der Waals surface area contributed by atoms with Gasteiger partial charge in [-0.25, -0.2) is 9.37 Å². The highest BCUT2D eigenvalue weighted by atomic mass is 19.1. The standard InChI is InChI=1S/C22H20FN3O/c23-18-9-4-16(5-10-18)6-13-22(27)24-19-11-7-17(8-12-19)20-15-26-14-2-1-3-21(26)25-20/h4-13,15H,1-3,14H2,(H,24,27)/b13-6+. The molecular formula is C22H20FN3O. The molecule has 0 saturated carbocycles. The van der Waals surface area contributed by atoms with E-state index in [1.54, 1.807) is 18.2 Å². The van der Waals surface area contributed by atoms with Crippen molar-refractivity contribution >= 4 is 17.7 Å². The molecule has 4 nitrogen and oxygen atoms in total. The van der Waals surface area contributed by atoms with Crippen LogP contribution in [0.15, 0.2) is 60.8 Å². The Hall–Kier alpha value is -3.21. The van der Waals surface area contributed by atoms with Gasteiger partial charge in [0.25, 0.3) is 0 Å². The second-order valence-corrected chi connectivity index (χ2v) is 6.64. The van der Waals surface area contributed by atoms with Gasteiger partial charge in [0.15, 0.2) is 0 Å². The highest BCUT2D eigenvalue weighted by molar-refractivity contribution is 6.02. The van der Waals surface area contributed by atoms with Gasteiger partial charge < -0.3 is 9.88 Å². The van der Waals surface area contributed by atoms with Gasteiger partial charge in [0.05, 0.1) is 5.69 Å². The average Bonchev–Trinajstić information content (AvgIpc) is 3.12. The van der Waals surface area contributed by atoms with E-state index in [9.17, 15) is 9.18 Å². The number of carbonyl (C=O) groups is 1. The minimum atomic E-state index is -0.296. The summed E-state index contributed by atoms with van der Waals surface area (Å²) in [4.78, 5) is 16.8. The summed E-state index contributed by atoms with van der Waals surface area (Å²) in [5, 5.41) is 2.83. The molecule has 1 aromatic heterocycles. The fraction of sp³-hybridized carbons (Fsp3) is 0.182. The van der Waals surface area contributed by atoms with E-state index in [1.165, 1.54) is 31.1 Å². The molecule has 0 aliphatic carbocycles. The summed E-state index contributed by atoms with van der Waals surface area (Å²) < 4.78 is 15.1. The number of fused-ring (bicyclic) bond motifs is 1. The van der Waals surface area contributed by atoms with E-state index in [-0.39, 0.29) is 11.7 Å². The Morgan fingerprint density at radius 1 is 1.07 bits per heavy atom. The Balaban J connectivity index is 1.40. The number of nitrogens with zero attached hydrogens (tertiary/aromatic N) is 2. The van der Waals surface area contributed by atoms with Crippen molar-refractivity contribution < 1.29 is 9.18 Å². The average molecular weight is 361 g/mol. The third-order valence-electron chi connectivity index (χ3n) is 4.65. The number of benzene rings is 2. The van der Waals surface area contributed by atoms with Crippen molar-refractivity contribution in [1.82, 2.24) is 9.55 Å². The molecule has 4 rings (SSSR count). The van der Waals surface area contributed by atoms with Crippen LogP contribution >= 0.6 is 0 Å². The van der Waals surface area contributed by atoms with Crippen LogP contribution in [0.4, 0.5) is 10.1 Å². The molecule has 0 fully saturated rings. The minimum absolute atomic E-state index is 0.232. The summed E-state index contributed by atoms with van der Waals surface area (Å²) in [5.41, 5.74) is 3.50. The van der Waals surface area contributed by atoms with Crippen LogP contribution in [0.5, 0.6) is 0 Å². The van der Waals surface area contributed by atoms with Crippen molar-refractivity contribution in [2.45, 2.75) is 25.8 Å². The molecule has 1 aliphatic rings. The van der Waals surface area contributed by atoms with E-state index < -0.39 is 0 Å². The molecule has 1 aliphatic heterocycles. The molecule has 5 heteroatoms. The van der Waals surface area contributed by atoms with Crippen molar-refractivity contribution in [3.05, 3.63) is 78.0 Å². The molecule has 27 heavy (non-hydrogen) atoms. The van der Waals surface area contributed by atoms with Crippen LogP contribution in [0.3, 0.4) is 0 Å². The van der Waals surface area contributed by atoms with Gasteiger partial charge in [-0.3, -0.25) is 4.79 Å². The van der Waals surface area contributed by atoms with Crippen LogP contribution in [-0.4, -0.2) is 15.5 Å². The SMILES string of the molecule is O=C(/C=C/c1ccc(F)cc1)Nc1ccc(-c2cn3c(n2)CCCC3)cc1. The molecule has 0 atom stereocenters. The molecule has 0 bridgehead atoms. The number of halogens is 1. The lowest BCUT2D eigenvalue weighted by Crippen LogP contribution is -2.08. The minimum Gasteiger partial charge on any atom is -0.334 e. The molecule has 1 N–H and O–H groups in total. The molecule has 0 spiro atoms. The molecule has 0 unspecified atom stereocenters. The first-order chi connectivity index (χ1) is 13.2. The molecule has 1 amide bonds. The zero-order valence-corrected chi connectivity index (χ0v) is 14.9. The second-order valence-electron chi connectivity index (χ2n) is 6.64. The van der Waals surface area contributed by atoms with Crippen molar-refractivity contribution in [3.8, 4) is 11.3 Å². The molecule has 2 heterocycles. The van der Waals surface area contributed by atoms with Crippen LogP contribution in [-0.2, 0) is 17.8 Å². The maximum atomic E-state index is 12.9. The summed E-state index contributed by atoms with van der Waals surface area (Å²) in [6.07, 6.45) is 8.64. The van der Waals surface area contributed by atoms with Crippen LogP contribution in [0.2, 0.25) is 0 Å². The van der Waals surface area contributed by atoms with Crippen molar-refractivity contribution in [3.63, 3.8) is 0 Å². The monoisotopic (exact) mass is 361 g/mol. The van der Waals surface area contributed by atoms with Gasteiger partial charge >= 0.3 is 0 Å². The fourth-order valence-corrected chi connectivity index (χ4v) is 3.21. The Morgan fingerprint density at radius 3 is 2.59 bits per heavy atom. The van der Waals surface area contributed by atoms with Crippen LogP contribution in [0.1, 0.15) is 24.2 Å². The molecule has 0 saturated heterocycles. The van der Waals surface area contributed by atoms with E-state index in [4.69, 9.17) is 4.98 Å². The smallest absolute Gasteiger partial charge is 0.248 e. The Kier molecular flexibility index (Phi) is 4.83. The molecule has 136 valence electrons. The van der Waals surface area contributed by atoms with Gasteiger partial charge in [0.2, 0.25) is 5.91 Å². The maximum absolute atomic E-state index is 12.9. The summed E-state index contributed by atoms with van der Waals surface area (Å²) in [6, 6.07) is 13.7. The largest absolute Gasteiger partial charge is 0.334 e. The number of nitrogens with one attached hydrogen (secondary N) is 1. The normalized spacial score (nSPS) is 13.5. The van der Waals surface area contributed by atoms with E-state index in [1.807, 2.05) is 24.3 Å². The lowest BCUT2D eigenvalue weighted by atomic mass is 10.1. The zero-order valence-electron chi connectivity index (χ0n) is 14.9. The number of amides is 1. The first-order valence-electron chi connectivity index (χ1n) is 9.08. The van der Waals surface area contributed by atoms with Gasteiger partial charge in [-0.15, -0.1) is 0 Å².